The summed E-state index contributed by atoms with van der Waals surface area (Å²) in [5.74, 6) is 0. The normalized spacial score (nSPS) is 11.3. The summed E-state index contributed by atoms with van der Waals surface area (Å²) in [4.78, 5) is 2.34. The highest BCUT2D eigenvalue weighted by molar-refractivity contribution is 7.80. The summed E-state index contributed by atoms with van der Waals surface area (Å²) in [6.45, 7) is 5.83. The van der Waals surface area contributed by atoms with Gasteiger partial charge in [0.25, 0.3) is 0 Å². The highest BCUT2D eigenvalue weighted by Gasteiger charge is 2.07. The van der Waals surface area contributed by atoms with Crippen LogP contribution in [0.3, 0.4) is 0 Å². The number of fused-ring (bicyclic) bond motifs is 1. The van der Waals surface area contributed by atoms with Crippen molar-refractivity contribution in [2.45, 2.75) is 11.8 Å². The molecule has 0 aliphatic rings. The van der Waals surface area contributed by atoms with Crippen molar-refractivity contribution in [3.8, 4) is 0 Å². The van der Waals surface area contributed by atoms with E-state index in [1.54, 1.807) is 17.4 Å². The Balaban J connectivity index is 2.69. The molecular weight excluding hydrogens is 220 g/mol. The number of hydrogen-bond acceptors (Lipinski definition) is 2. The quantitative estimate of drug-likeness (QED) is 0.563. The van der Waals surface area contributed by atoms with Crippen molar-refractivity contribution < 1.29 is 0 Å². The summed E-state index contributed by atoms with van der Waals surface area (Å²) in [6.07, 6.45) is 5.86. The van der Waals surface area contributed by atoms with E-state index < -0.39 is 0 Å². The van der Waals surface area contributed by atoms with Crippen molar-refractivity contribution >= 4 is 40.1 Å². The molecule has 76 valence electrons. The van der Waals surface area contributed by atoms with E-state index in [-0.39, 0.29) is 0 Å². The van der Waals surface area contributed by atoms with E-state index in [2.05, 4.69) is 38.3 Å². The van der Waals surface area contributed by atoms with Gasteiger partial charge in [0.2, 0.25) is 0 Å². The van der Waals surface area contributed by atoms with Gasteiger partial charge in [0.1, 0.15) is 0 Å². The van der Waals surface area contributed by atoms with E-state index in [1.165, 1.54) is 20.5 Å². The molecule has 0 saturated heterocycles. The van der Waals surface area contributed by atoms with E-state index in [4.69, 9.17) is 0 Å². The summed E-state index contributed by atoms with van der Waals surface area (Å²) in [5.41, 5.74) is 1.32. The van der Waals surface area contributed by atoms with E-state index in [1.807, 2.05) is 18.2 Å². The number of aryl methyl sites for hydroxylation is 1. The van der Waals surface area contributed by atoms with E-state index >= 15 is 0 Å². The lowest BCUT2D eigenvalue weighted by molar-refractivity contribution is 1.54. The van der Waals surface area contributed by atoms with Crippen LogP contribution in [0.1, 0.15) is 10.4 Å². The Morgan fingerprint density at radius 1 is 1.40 bits per heavy atom. The molecule has 0 saturated carbocycles. The SMILES string of the molecule is C=C/C=C\c1sc2c(S)cccc2c1C. The number of rotatable bonds is 2. The molecule has 2 rings (SSSR count). The zero-order valence-electron chi connectivity index (χ0n) is 8.53. The summed E-state index contributed by atoms with van der Waals surface area (Å²) >= 11 is 6.25. The van der Waals surface area contributed by atoms with Crippen molar-refractivity contribution in [2.75, 3.05) is 0 Å². The van der Waals surface area contributed by atoms with Gasteiger partial charge in [0, 0.05) is 14.5 Å². The van der Waals surface area contributed by atoms with Crippen molar-refractivity contribution in [1.82, 2.24) is 0 Å². The third-order valence-corrected chi connectivity index (χ3v) is 4.19. The van der Waals surface area contributed by atoms with Gasteiger partial charge in [0.15, 0.2) is 0 Å². The van der Waals surface area contributed by atoms with Gasteiger partial charge in [-0.15, -0.1) is 24.0 Å². The zero-order chi connectivity index (χ0) is 10.8. The third-order valence-electron chi connectivity index (χ3n) is 2.36. The van der Waals surface area contributed by atoms with E-state index in [0.717, 1.165) is 4.90 Å². The lowest BCUT2D eigenvalue weighted by Crippen LogP contribution is -1.71. The van der Waals surface area contributed by atoms with Crippen LogP contribution < -0.4 is 0 Å². The molecule has 1 heterocycles. The highest BCUT2D eigenvalue weighted by atomic mass is 32.1. The van der Waals surface area contributed by atoms with Crippen LogP contribution >= 0.6 is 24.0 Å². The van der Waals surface area contributed by atoms with Gasteiger partial charge in [-0.1, -0.05) is 30.9 Å². The average molecular weight is 232 g/mol. The van der Waals surface area contributed by atoms with Gasteiger partial charge < -0.3 is 0 Å². The molecule has 1 aromatic heterocycles. The summed E-state index contributed by atoms with van der Waals surface area (Å²) < 4.78 is 1.27. The fraction of sp³-hybridized carbons (Fsp3) is 0.0769. The van der Waals surface area contributed by atoms with Crippen LogP contribution in [0, 0.1) is 6.92 Å². The van der Waals surface area contributed by atoms with E-state index in [9.17, 15) is 0 Å². The summed E-state index contributed by atoms with van der Waals surface area (Å²) in [7, 11) is 0. The van der Waals surface area contributed by atoms with Crippen LogP contribution in [-0.2, 0) is 0 Å². The molecule has 1 aromatic carbocycles. The molecule has 0 atom stereocenters. The summed E-state index contributed by atoms with van der Waals surface area (Å²) in [5, 5.41) is 1.30. The van der Waals surface area contributed by atoms with Crippen molar-refractivity contribution in [1.29, 1.82) is 0 Å². The Morgan fingerprint density at radius 2 is 2.20 bits per heavy atom. The largest absolute Gasteiger partial charge is 0.142 e. The molecule has 0 bridgehead atoms. The van der Waals surface area contributed by atoms with Crippen LogP contribution in [0.2, 0.25) is 0 Å². The molecule has 0 nitrogen and oxygen atoms in total. The molecule has 2 aromatic rings. The molecule has 0 radical (unpaired) electrons. The van der Waals surface area contributed by atoms with Gasteiger partial charge >= 0.3 is 0 Å². The first-order valence-electron chi connectivity index (χ1n) is 4.74. The molecule has 15 heavy (non-hydrogen) atoms. The first-order valence-corrected chi connectivity index (χ1v) is 6.00. The van der Waals surface area contributed by atoms with Crippen molar-refractivity contribution in [3.63, 3.8) is 0 Å². The second-order valence-corrected chi connectivity index (χ2v) is 4.87. The minimum Gasteiger partial charge on any atom is -0.142 e. The first kappa shape index (κ1) is 10.5. The Morgan fingerprint density at radius 3 is 2.87 bits per heavy atom. The van der Waals surface area contributed by atoms with Crippen LogP contribution in [-0.4, -0.2) is 0 Å². The molecule has 0 aliphatic carbocycles. The molecule has 0 N–H and O–H groups in total. The van der Waals surface area contributed by atoms with Crippen molar-refractivity contribution in [3.05, 3.63) is 47.4 Å². The Labute approximate surface area is 99.4 Å². The molecule has 0 amide bonds. The zero-order valence-corrected chi connectivity index (χ0v) is 10.2. The molecule has 2 heteroatoms. The second kappa shape index (κ2) is 4.25. The monoisotopic (exact) mass is 232 g/mol. The maximum atomic E-state index is 4.47. The number of thiol groups is 1. The molecule has 0 fully saturated rings. The third kappa shape index (κ3) is 1.87. The number of allylic oxidation sites excluding steroid dienone is 2. The number of thiophene rings is 1. The standard InChI is InChI=1S/C13H12S2/c1-3-4-8-12-9(2)10-6-5-7-11(14)13(10)15-12/h3-8,14H,1H2,2H3/b8-4-. The minimum atomic E-state index is 1.05. The Bertz CT molecular complexity index is 533. The van der Waals surface area contributed by atoms with Gasteiger partial charge in [0.05, 0.1) is 0 Å². The van der Waals surface area contributed by atoms with Crippen LogP contribution in [0.25, 0.3) is 16.2 Å². The van der Waals surface area contributed by atoms with Crippen LogP contribution in [0.4, 0.5) is 0 Å². The number of benzene rings is 1. The molecule has 0 aliphatic heterocycles. The van der Waals surface area contributed by atoms with Crippen LogP contribution in [0.15, 0.2) is 41.8 Å². The molecule has 0 spiro atoms. The Kier molecular flexibility index (Phi) is 2.98. The summed E-state index contributed by atoms with van der Waals surface area (Å²) in [6, 6.07) is 6.22. The predicted octanol–water partition coefficient (Wildman–Crippen LogP) is 4.70. The topological polar surface area (TPSA) is 0 Å². The number of hydrogen-bond donors (Lipinski definition) is 1. The van der Waals surface area contributed by atoms with E-state index in [0.29, 0.717) is 0 Å². The van der Waals surface area contributed by atoms with Gasteiger partial charge in [-0.05, 0) is 30.0 Å². The van der Waals surface area contributed by atoms with Crippen LogP contribution in [0.5, 0.6) is 0 Å². The fourth-order valence-corrected chi connectivity index (χ4v) is 3.04. The maximum Gasteiger partial charge on any atom is 0.0485 e. The fourth-order valence-electron chi connectivity index (χ4n) is 1.56. The smallest absolute Gasteiger partial charge is 0.0485 e. The maximum absolute atomic E-state index is 4.47. The van der Waals surface area contributed by atoms with Gasteiger partial charge in [-0.2, -0.15) is 0 Å². The lowest BCUT2D eigenvalue weighted by Gasteiger charge is -1.93. The average Bonchev–Trinajstić information content (AvgIpc) is 2.55. The molecule has 0 unspecified atom stereocenters. The van der Waals surface area contributed by atoms with Crippen molar-refractivity contribution in [2.24, 2.45) is 0 Å². The molecular formula is C13H12S2. The van der Waals surface area contributed by atoms with Gasteiger partial charge in [-0.3, -0.25) is 0 Å². The highest BCUT2D eigenvalue weighted by Crippen LogP contribution is 2.35. The lowest BCUT2D eigenvalue weighted by atomic mass is 10.1. The predicted molar refractivity (Wildman–Crippen MR) is 73.0 cm³/mol. The van der Waals surface area contributed by atoms with Gasteiger partial charge in [-0.25, -0.2) is 0 Å². The Hall–Kier alpha value is -0.990. The first-order chi connectivity index (χ1) is 7.24. The second-order valence-electron chi connectivity index (χ2n) is 3.34. The minimum absolute atomic E-state index is 1.05.